The van der Waals surface area contributed by atoms with Crippen LogP contribution in [-0.2, 0) is 4.74 Å². The van der Waals surface area contributed by atoms with E-state index in [1.807, 2.05) is 0 Å². The largest absolute Gasteiger partial charge is 0.378 e. The molecule has 3 N–H and O–H groups in total. The van der Waals surface area contributed by atoms with Crippen molar-refractivity contribution < 1.29 is 4.74 Å². The number of ether oxygens (including phenoxy) is 1. The summed E-state index contributed by atoms with van der Waals surface area (Å²) in [7, 11) is 0. The molecule has 1 saturated carbocycles. The summed E-state index contributed by atoms with van der Waals surface area (Å²) in [6.45, 7) is 7.43. The van der Waals surface area contributed by atoms with Crippen LogP contribution in [-0.4, -0.2) is 18.8 Å². The van der Waals surface area contributed by atoms with Crippen molar-refractivity contribution in [3.05, 3.63) is 0 Å². The maximum Gasteiger partial charge on any atom is 0.0580 e. The van der Waals surface area contributed by atoms with Crippen LogP contribution in [0.25, 0.3) is 0 Å². The van der Waals surface area contributed by atoms with E-state index in [9.17, 15) is 0 Å². The lowest BCUT2D eigenvalue weighted by molar-refractivity contribution is -0.0308. The Kier molecular flexibility index (Phi) is 6.32. The van der Waals surface area contributed by atoms with E-state index in [1.54, 1.807) is 0 Å². The molecule has 0 aromatic heterocycles. The Morgan fingerprint density at radius 2 is 1.88 bits per heavy atom. The van der Waals surface area contributed by atoms with Gasteiger partial charge in [0.25, 0.3) is 0 Å². The van der Waals surface area contributed by atoms with Crippen molar-refractivity contribution in [1.82, 2.24) is 5.43 Å². The van der Waals surface area contributed by atoms with Crippen molar-refractivity contribution >= 4 is 0 Å². The first-order valence-electron chi connectivity index (χ1n) is 6.82. The van der Waals surface area contributed by atoms with Gasteiger partial charge in [-0.15, -0.1) is 0 Å². The number of hydrazine groups is 1. The Morgan fingerprint density at radius 1 is 1.25 bits per heavy atom. The maximum absolute atomic E-state index is 5.66. The quantitative estimate of drug-likeness (QED) is 0.495. The van der Waals surface area contributed by atoms with Crippen LogP contribution in [0.15, 0.2) is 0 Å². The smallest absolute Gasteiger partial charge is 0.0580 e. The first-order valence-corrected chi connectivity index (χ1v) is 6.82. The van der Waals surface area contributed by atoms with E-state index in [2.05, 4.69) is 26.2 Å². The van der Waals surface area contributed by atoms with Gasteiger partial charge in [0.15, 0.2) is 0 Å². The topological polar surface area (TPSA) is 47.3 Å². The van der Waals surface area contributed by atoms with E-state index in [1.165, 1.54) is 32.1 Å². The van der Waals surface area contributed by atoms with Crippen LogP contribution < -0.4 is 11.3 Å². The van der Waals surface area contributed by atoms with Gasteiger partial charge in [-0.2, -0.15) is 0 Å². The number of hydrogen-bond acceptors (Lipinski definition) is 3. The normalized spacial score (nSPS) is 26.8. The van der Waals surface area contributed by atoms with Crippen LogP contribution in [0.4, 0.5) is 0 Å². The average molecular weight is 228 g/mol. The molecule has 16 heavy (non-hydrogen) atoms. The molecule has 1 aliphatic carbocycles. The summed E-state index contributed by atoms with van der Waals surface area (Å²) < 4.78 is 5.58. The molecular formula is C13H28N2O. The van der Waals surface area contributed by atoms with Gasteiger partial charge in [-0.25, -0.2) is 0 Å². The van der Waals surface area contributed by atoms with Crippen LogP contribution in [0.1, 0.15) is 52.9 Å². The number of nitrogens with two attached hydrogens (primary N) is 1. The predicted molar refractivity (Wildman–Crippen MR) is 67.9 cm³/mol. The van der Waals surface area contributed by atoms with Crippen molar-refractivity contribution in [2.75, 3.05) is 6.61 Å². The average Bonchev–Trinajstić information content (AvgIpc) is 2.25. The highest BCUT2D eigenvalue weighted by Gasteiger charge is 2.32. The molecule has 0 saturated heterocycles. The molecule has 1 rings (SSSR count). The molecule has 0 amide bonds. The van der Waals surface area contributed by atoms with Crippen molar-refractivity contribution in [2.24, 2.45) is 17.7 Å². The molecule has 1 unspecified atom stereocenters. The zero-order chi connectivity index (χ0) is 12.0. The van der Waals surface area contributed by atoms with Crippen LogP contribution >= 0.6 is 0 Å². The monoisotopic (exact) mass is 228 g/mol. The number of rotatable bonds is 8. The fraction of sp³-hybridized carbons (Fsp3) is 1.00. The van der Waals surface area contributed by atoms with E-state index in [-0.39, 0.29) is 0 Å². The Balaban J connectivity index is 2.24. The van der Waals surface area contributed by atoms with Crippen molar-refractivity contribution in [3.8, 4) is 0 Å². The number of hydrogen-bond donors (Lipinski definition) is 2. The van der Waals surface area contributed by atoms with Crippen LogP contribution in [0, 0.1) is 11.8 Å². The lowest BCUT2D eigenvalue weighted by Gasteiger charge is -2.38. The van der Waals surface area contributed by atoms with Crippen molar-refractivity contribution in [3.63, 3.8) is 0 Å². The summed E-state index contributed by atoms with van der Waals surface area (Å²) in [5.74, 6) is 7.20. The zero-order valence-electron chi connectivity index (χ0n) is 11.0. The molecule has 3 heteroatoms. The van der Waals surface area contributed by atoms with Crippen LogP contribution in [0.3, 0.4) is 0 Å². The summed E-state index contributed by atoms with van der Waals surface area (Å²) in [5, 5.41) is 0. The fourth-order valence-corrected chi connectivity index (χ4v) is 2.85. The van der Waals surface area contributed by atoms with Crippen LogP contribution in [0.5, 0.6) is 0 Å². The highest BCUT2D eigenvalue weighted by Crippen LogP contribution is 2.35. The Hall–Kier alpha value is -0.120. The van der Waals surface area contributed by atoms with Gasteiger partial charge >= 0.3 is 0 Å². The molecule has 0 spiro atoms. The molecule has 1 aliphatic rings. The van der Waals surface area contributed by atoms with Gasteiger partial charge in [0, 0.05) is 12.6 Å². The van der Waals surface area contributed by atoms with E-state index in [0.717, 1.165) is 18.4 Å². The van der Waals surface area contributed by atoms with Crippen molar-refractivity contribution in [2.45, 2.75) is 65.0 Å². The summed E-state index contributed by atoms with van der Waals surface area (Å²) in [6.07, 6.45) is 6.63. The standard InChI is InChI=1S/C13H28N2O/c1-4-11(5-2)13(15-14)9-10-7-12(8-10)16-6-3/h10-13,15H,4-9,14H2,1-3H3. The van der Waals surface area contributed by atoms with E-state index in [4.69, 9.17) is 10.6 Å². The highest BCUT2D eigenvalue weighted by atomic mass is 16.5. The first-order chi connectivity index (χ1) is 7.74. The third-order valence-electron chi connectivity index (χ3n) is 4.01. The summed E-state index contributed by atoms with van der Waals surface area (Å²) in [6, 6.07) is 0.488. The minimum absolute atomic E-state index is 0.488. The SMILES string of the molecule is CCOC1CC(CC(NN)C(CC)CC)C1. The second kappa shape index (κ2) is 7.25. The molecule has 1 atom stereocenters. The lowest BCUT2D eigenvalue weighted by atomic mass is 9.75. The minimum atomic E-state index is 0.488. The van der Waals surface area contributed by atoms with Gasteiger partial charge in [0.2, 0.25) is 0 Å². The lowest BCUT2D eigenvalue weighted by Crippen LogP contribution is -2.44. The van der Waals surface area contributed by atoms with Gasteiger partial charge in [-0.1, -0.05) is 26.7 Å². The summed E-state index contributed by atoms with van der Waals surface area (Å²) >= 11 is 0. The van der Waals surface area contributed by atoms with Gasteiger partial charge in [0.05, 0.1) is 6.10 Å². The number of nitrogens with one attached hydrogen (secondary N) is 1. The minimum Gasteiger partial charge on any atom is -0.378 e. The van der Waals surface area contributed by atoms with Gasteiger partial charge in [0.1, 0.15) is 0 Å². The third kappa shape index (κ3) is 3.72. The third-order valence-corrected chi connectivity index (χ3v) is 4.01. The molecule has 0 aromatic rings. The van der Waals surface area contributed by atoms with Gasteiger partial charge in [-0.3, -0.25) is 11.3 Å². The molecule has 0 aliphatic heterocycles. The fourth-order valence-electron chi connectivity index (χ4n) is 2.85. The second-order valence-electron chi connectivity index (χ2n) is 5.00. The van der Waals surface area contributed by atoms with Crippen LogP contribution in [0.2, 0.25) is 0 Å². The summed E-state index contributed by atoms with van der Waals surface area (Å²) in [5.41, 5.74) is 3.01. The van der Waals surface area contributed by atoms with E-state index in [0.29, 0.717) is 12.1 Å². The van der Waals surface area contributed by atoms with Crippen molar-refractivity contribution in [1.29, 1.82) is 0 Å². The Morgan fingerprint density at radius 3 is 2.31 bits per heavy atom. The highest BCUT2D eigenvalue weighted by molar-refractivity contribution is 4.85. The molecule has 3 nitrogen and oxygen atoms in total. The van der Waals surface area contributed by atoms with Gasteiger partial charge in [-0.05, 0) is 38.0 Å². The molecule has 0 bridgehead atoms. The molecule has 1 fully saturated rings. The second-order valence-corrected chi connectivity index (χ2v) is 5.00. The molecular weight excluding hydrogens is 200 g/mol. The Labute approximate surface area is 100 Å². The van der Waals surface area contributed by atoms with E-state index < -0.39 is 0 Å². The van der Waals surface area contributed by atoms with Gasteiger partial charge < -0.3 is 4.74 Å². The predicted octanol–water partition coefficient (Wildman–Crippen LogP) is 2.46. The zero-order valence-corrected chi connectivity index (χ0v) is 11.0. The first kappa shape index (κ1) is 13.9. The van der Waals surface area contributed by atoms with E-state index >= 15 is 0 Å². The maximum atomic E-state index is 5.66. The summed E-state index contributed by atoms with van der Waals surface area (Å²) in [4.78, 5) is 0. The molecule has 0 aromatic carbocycles. The molecule has 0 radical (unpaired) electrons. The Bertz CT molecular complexity index is 177. The molecule has 0 heterocycles. The molecule has 96 valence electrons.